The van der Waals surface area contributed by atoms with Crippen LogP contribution in [0.1, 0.15) is 0 Å². The first-order chi connectivity index (χ1) is 2.00. The van der Waals surface area contributed by atoms with Crippen molar-refractivity contribution in [3.8, 4) is 0 Å². The van der Waals surface area contributed by atoms with Crippen LogP contribution in [0.2, 0.25) is 19.6 Å². The summed E-state index contributed by atoms with van der Waals surface area (Å²) in [6, 6.07) is 0. The number of hydrogen-bond donors (Lipinski definition) is 0. The molecule has 0 aliphatic heterocycles. The molecule has 0 radical (unpaired) electrons. The summed E-state index contributed by atoms with van der Waals surface area (Å²) in [5.41, 5.74) is 0. The predicted molar refractivity (Wildman–Crippen MR) is 23.3 cm³/mol. The van der Waals surface area contributed by atoms with Crippen molar-refractivity contribution in [2.75, 3.05) is 0 Å². The van der Waals surface area contributed by atoms with Crippen LogP contribution in [-0.2, 0) is 0 Å². The van der Waals surface area contributed by atoms with Gasteiger partial charge in [0.2, 0.25) is 0 Å². The summed E-state index contributed by atoms with van der Waals surface area (Å²) in [7, 11) is 0. The summed E-state index contributed by atoms with van der Waals surface area (Å²) in [6.45, 7) is 7.05. The van der Waals surface area contributed by atoms with E-state index in [9.17, 15) is 0 Å². The van der Waals surface area contributed by atoms with Gasteiger partial charge in [0, 0.05) is 0 Å². The summed E-state index contributed by atoms with van der Waals surface area (Å²) >= 11 is 1.97. The minimum absolute atomic E-state index is 0.556. The monoisotopic (exact) mass is 226 g/mol. The molecule has 32 valence electrons. The molecule has 5 heavy (non-hydrogen) atoms. The van der Waals surface area contributed by atoms with Gasteiger partial charge >= 0.3 is 66.5 Å². The Labute approximate surface area is 65.2 Å². The Bertz CT molecular complexity index is 22.4. The van der Waals surface area contributed by atoms with Crippen LogP contribution in [0.5, 0.6) is 0 Å². The van der Waals surface area contributed by atoms with Gasteiger partial charge in [-0.2, -0.15) is 0 Å². The van der Waals surface area contributed by atoms with Gasteiger partial charge in [-0.15, -0.1) is 0 Å². The first-order valence-electron chi connectivity index (χ1n) is 1.69. The van der Waals surface area contributed by atoms with Gasteiger partial charge in [-0.3, -0.25) is 0 Å². The molecule has 0 atom stereocenters. The standard InChI is InChI=1S/C3H9Si.Eu/c1-4(2)3;/h1-3H3;. The zero-order valence-corrected chi connectivity index (χ0v) is 7.30. The molecule has 0 heterocycles. The summed E-state index contributed by atoms with van der Waals surface area (Å²) < 4.78 is -0.556. The van der Waals surface area contributed by atoms with E-state index in [1.54, 1.807) is 0 Å². The fourth-order valence-electron chi connectivity index (χ4n) is 0. The maximum absolute atomic E-state index is 2.35. The molecule has 0 aromatic heterocycles. The molecule has 0 nitrogen and oxygen atoms in total. The number of hydrogen-bond acceptors (Lipinski definition) is 0. The molecule has 0 saturated heterocycles. The predicted octanol–water partition coefficient (Wildman–Crippen LogP) is 1.37. The third-order valence-electron chi connectivity index (χ3n) is 0. The summed E-state index contributed by atoms with van der Waals surface area (Å²) in [5.74, 6) is 0. The second kappa shape index (κ2) is 2.20. The quantitative estimate of drug-likeness (QED) is 0.546. The second-order valence-electron chi connectivity index (χ2n) is 2.07. The van der Waals surface area contributed by atoms with E-state index < -0.39 is 1.12 Å². The zero-order valence-electron chi connectivity index (χ0n) is 3.88. The molecule has 0 spiro atoms. The minimum atomic E-state index is -0.556. The first kappa shape index (κ1) is 6.80. The molecule has 0 aromatic rings. The molecule has 0 bridgehead atoms. The number of rotatable bonds is 0. The van der Waals surface area contributed by atoms with Crippen LogP contribution in [0.3, 0.4) is 0 Å². The van der Waals surface area contributed by atoms with Crippen molar-refractivity contribution in [2.45, 2.75) is 19.6 Å². The molecular weight excluding hydrogens is 216 g/mol. The zero-order chi connectivity index (χ0) is 4.50. The molecular formula is C3H9EuSi. The van der Waals surface area contributed by atoms with Crippen molar-refractivity contribution in [3.05, 3.63) is 0 Å². The van der Waals surface area contributed by atoms with Gasteiger partial charge in [0.1, 0.15) is 0 Å². The maximum atomic E-state index is 2.35. The van der Waals surface area contributed by atoms with Gasteiger partial charge in [-0.25, -0.2) is 0 Å². The van der Waals surface area contributed by atoms with E-state index in [0.717, 1.165) is 0 Å². The summed E-state index contributed by atoms with van der Waals surface area (Å²) in [6.07, 6.45) is 0. The van der Waals surface area contributed by atoms with Gasteiger partial charge in [0.05, 0.1) is 0 Å². The van der Waals surface area contributed by atoms with Crippen LogP contribution < -0.4 is 0 Å². The van der Waals surface area contributed by atoms with Crippen LogP contribution in [-0.4, -0.2) is 1.12 Å². The van der Waals surface area contributed by atoms with Crippen molar-refractivity contribution in [1.82, 2.24) is 0 Å². The first-order valence-corrected chi connectivity index (χ1v) is 8.70. The van der Waals surface area contributed by atoms with Crippen LogP contribution in [0, 0.1) is 45.8 Å². The molecule has 0 N–H and O–H groups in total. The van der Waals surface area contributed by atoms with Crippen molar-refractivity contribution >= 4 is 1.12 Å². The molecule has 0 amide bonds. The van der Waals surface area contributed by atoms with Crippen molar-refractivity contribution in [2.24, 2.45) is 0 Å². The van der Waals surface area contributed by atoms with Crippen LogP contribution in [0.4, 0.5) is 0 Å². The van der Waals surface area contributed by atoms with Gasteiger partial charge in [0.15, 0.2) is 0 Å². The molecule has 0 aliphatic rings. The Kier molecular flexibility index (Phi) is 2.99. The van der Waals surface area contributed by atoms with Gasteiger partial charge < -0.3 is 0 Å². The average molecular weight is 225 g/mol. The van der Waals surface area contributed by atoms with E-state index in [0.29, 0.717) is 0 Å². The van der Waals surface area contributed by atoms with E-state index in [1.807, 2.05) is 45.8 Å². The Morgan fingerprint density at radius 2 is 1.20 bits per heavy atom. The SMILES string of the molecule is C[Si](C)(C)[Eu]. The van der Waals surface area contributed by atoms with E-state index in [-0.39, 0.29) is 0 Å². The van der Waals surface area contributed by atoms with E-state index in [2.05, 4.69) is 19.6 Å². The van der Waals surface area contributed by atoms with Gasteiger partial charge in [-0.1, -0.05) is 0 Å². The molecule has 0 rings (SSSR count). The Morgan fingerprint density at radius 3 is 1.20 bits per heavy atom. The Balaban J connectivity index is 3.02. The van der Waals surface area contributed by atoms with Gasteiger partial charge in [0.25, 0.3) is 0 Å². The van der Waals surface area contributed by atoms with Crippen LogP contribution in [0.25, 0.3) is 0 Å². The van der Waals surface area contributed by atoms with Crippen LogP contribution in [0.15, 0.2) is 0 Å². The average Bonchev–Trinajstić information content (AvgIpc) is 0.722. The summed E-state index contributed by atoms with van der Waals surface area (Å²) in [5, 5.41) is 0. The third-order valence-corrected chi connectivity index (χ3v) is 0. The van der Waals surface area contributed by atoms with Gasteiger partial charge in [-0.05, 0) is 0 Å². The molecule has 0 fully saturated rings. The van der Waals surface area contributed by atoms with Crippen molar-refractivity contribution in [3.63, 3.8) is 0 Å². The molecule has 0 aliphatic carbocycles. The third kappa shape index (κ3) is 25.8. The van der Waals surface area contributed by atoms with Crippen molar-refractivity contribution in [1.29, 1.82) is 0 Å². The topological polar surface area (TPSA) is 0 Å². The molecule has 0 saturated carbocycles. The fourth-order valence-corrected chi connectivity index (χ4v) is 0. The Hall–Kier alpha value is 1.80. The molecule has 2 heteroatoms. The fraction of sp³-hybridized carbons (Fsp3) is 1.00. The second-order valence-corrected chi connectivity index (χ2v) is 17.1. The Morgan fingerprint density at radius 1 is 1.20 bits per heavy atom. The van der Waals surface area contributed by atoms with E-state index in [4.69, 9.17) is 0 Å². The van der Waals surface area contributed by atoms with E-state index in [1.165, 1.54) is 0 Å². The van der Waals surface area contributed by atoms with Crippen LogP contribution >= 0.6 is 0 Å². The van der Waals surface area contributed by atoms with E-state index >= 15 is 0 Å². The van der Waals surface area contributed by atoms with Crippen molar-refractivity contribution < 1.29 is 45.8 Å². The summed E-state index contributed by atoms with van der Waals surface area (Å²) in [4.78, 5) is 0. The molecule has 0 unspecified atom stereocenters. The molecule has 0 aromatic carbocycles. The normalized spacial score (nSPS) is 12.0.